The molecule has 1 aliphatic heterocycles. The van der Waals surface area contributed by atoms with Gasteiger partial charge in [-0.1, -0.05) is 48.0 Å². The summed E-state index contributed by atoms with van der Waals surface area (Å²) in [6.45, 7) is 3.86. The van der Waals surface area contributed by atoms with Crippen LogP contribution in [0.25, 0.3) is 0 Å². The van der Waals surface area contributed by atoms with E-state index in [1.165, 1.54) is 6.07 Å². The highest BCUT2D eigenvalue weighted by atomic mass is 32.2. The monoisotopic (exact) mass is 448 g/mol. The predicted molar refractivity (Wildman–Crippen MR) is 126 cm³/mol. The maximum Gasteiger partial charge on any atom is 0.261 e. The second-order valence-electron chi connectivity index (χ2n) is 8.67. The van der Waals surface area contributed by atoms with E-state index >= 15 is 0 Å². The van der Waals surface area contributed by atoms with Gasteiger partial charge in [0.25, 0.3) is 10.0 Å². The SMILES string of the molecule is Cc1ccc(NS(=O)(=O)c2ccc3c(c2)[C@@H]2C=CC[C@H]2[C@@H](c2ccccc2F)N3)c(C)c1. The number of nitrogens with one attached hydrogen (secondary N) is 2. The minimum absolute atomic E-state index is 0.0344. The van der Waals surface area contributed by atoms with Crippen molar-refractivity contribution in [3.05, 3.63) is 101 Å². The Morgan fingerprint density at radius 3 is 2.59 bits per heavy atom. The van der Waals surface area contributed by atoms with E-state index in [-0.39, 0.29) is 28.6 Å². The van der Waals surface area contributed by atoms with Crippen molar-refractivity contribution in [2.75, 3.05) is 10.0 Å². The summed E-state index contributed by atoms with van der Waals surface area (Å²) in [7, 11) is -3.75. The second kappa shape index (κ2) is 7.78. The fraction of sp³-hybridized carbons (Fsp3) is 0.231. The first-order chi connectivity index (χ1) is 15.3. The van der Waals surface area contributed by atoms with E-state index in [0.29, 0.717) is 11.3 Å². The third kappa shape index (κ3) is 3.58. The van der Waals surface area contributed by atoms with Crippen LogP contribution in [0.5, 0.6) is 0 Å². The first-order valence-corrected chi connectivity index (χ1v) is 12.2. The topological polar surface area (TPSA) is 58.2 Å². The minimum atomic E-state index is -3.75. The Kier molecular flexibility index (Phi) is 5.05. The molecule has 0 spiro atoms. The van der Waals surface area contributed by atoms with E-state index in [1.54, 1.807) is 30.3 Å². The van der Waals surface area contributed by atoms with E-state index in [0.717, 1.165) is 28.8 Å². The van der Waals surface area contributed by atoms with Gasteiger partial charge in [0.15, 0.2) is 0 Å². The molecule has 0 unspecified atom stereocenters. The molecule has 3 atom stereocenters. The van der Waals surface area contributed by atoms with Crippen LogP contribution < -0.4 is 10.0 Å². The van der Waals surface area contributed by atoms with Gasteiger partial charge in [-0.2, -0.15) is 0 Å². The van der Waals surface area contributed by atoms with Gasteiger partial charge in [0, 0.05) is 17.2 Å². The van der Waals surface area contributed by atoms with Crippen molar-refractivity contribution in [1.29, 1.82) is 0 Å². The molecule has 0 saturated heterocycles. The first kappa shape index (κ1) is 20.8. The molecule has 4 nitrogen and oxygen atoms in total. The molecule has 3 aromatic carbocycles. The normalized spacial score (nSPS) is 21.5. The van der Waals surface area contributed by atoms with E-state index in [4.69, 9.17) is 0 Å². The molecule has 164 valence electrons. The van der Waals surface area contributed by atoms with Crippen LogP contribution in [0.1, 0.15) is 40.6 Å². The lowest BCUT2D eigenvalue weighted by Crippen LogP contribution is -2.30. The van der Waals surface area contributed by atoms with Crippen LogP contribution in [0, 0.1) is 25.6 Å². The van der Waals surface area contributed by atoms with Crippen molar-refractivity contribution < 1.29 is 12.8 Å². The van der Waals surface area contributed by atoms with E-state index < -0.39 is 10.0 Å². The van der Waals surface area contributed by atoms with E-state index in [9.17, 15) is 12.8 Å². The van der Waals surface area contributed by atoms with Crippen LogP contribution >= 0.6 is 0 Å². The van der Waals surface area contributed by atoms with Gasteiger partial charge in [0.05, 0.1) is 16.6 Å². The Bertz CT molecular complexity index is 1330. The fourth-order valence-electron chi connectivity index (χ4n) is 4.91. The van der Waals surface area contributed by atoms with Gasteiger partial charge in [-0.25, -0.2) is 12.8 Å². The molecule has 0 aromatic heterocycles. The molecular weight excluding hydrogens is 423 g/mol. The fourth-order valence-corrected chi connectivity index (χ4v) is 6.07. The average molecular weight is 449 g/mol. The summed E-state index contributed by atoms with van der Waals surface area (Å²) in [6, 6.07) is 17.5. The number of halogens is 1. The Hall–Kier alpha value is -3.12. The summed E-state index contributed by atoms with van der Waals surface area (Å²) in [5.41, 5.74) is 4.94. The van der Waals surface area contributed by atoms with E-state index in [2.05, 4.69) is 22.2 Å². The first-order valence-electron chi connectivity index (χ1n) is 10.7. The molecule has 0 bridgehead atoms. The molecular formula is C26H25FN2O2S. The van der Waals surface area contributed by atoms with Crippen LogP contribution in [0.3, 0.4) is 0 Å². The predicted octanol–water partition coefficient (Wildman–Crippen LogP) is 6.07. The molecule has 2 aliphatic rings. The molecule has 5 rings (SSSR count). The van der Waals surface area contributed by atoms with Crippen molar-refractivity contribution in [1.82, 2.24) is 0 Å². The highest BCUT2D eigenvalue weighted by Crippen LogP contribution is 2.50. The molecule has 0 radical (unpaired) electrons. The van der Waals surface area contributed by atoms with Crippen molar-refractivity contribution in [2.45, 2.75) is 37.1 Å². The van der Waals surface area contributed by atoms with Gasteiger partial charge in [-0.05, 0) is 67.6 Å². The second-order valence-corrected chi connectivity index (χ2v) is 10.4. The Morgan fingerprint density at radius 1 is 1.00 bits per heavy atom. The summed E-state index contributed by atoms with van der Waals surface area (Å²) < 4.78 is 43.6. The van der Waals surface area contributed by atoms with Gasteiger partial charge in [-0.15, -0.1) is 0 Å². The minimum Gasteiger partial charge on any atom is -0.378 e. The zero-order valence-electron chi connectivity index (χ0n) is 18.0. The molecule has 1 aliphatic carbocycles. The number of benzene rings is 3. The lowest BCUT2D eigenvalue weighted by atomic mass is 9.77. The Labute approximate surface area is 188 Å². The van der Waals surface area contributed by atoms with Crippen LogP contribution in [0.4, 0.5) is 15.8 Å². The third-order valence-corrected chi connectivity index (χ3v) is 7.87. The van der Waals surface area contributed by atoms with Gasteiger partial charge in [0.2, 0.25) is 0 Å². The van der Waals surface area contributed by atoms with Crippen molar-refractivity contribution in [3.8, 4) is 0 Å². The van der Waals surface area contributed by atoms with Gasteiger partial charge >= 0.3 is 0 Å². The van der Waals surface area contributed by atoms with Gasteiger partial charge in [0.1, 0.15) is 5.82 Å². The summed E-state index contributed by atoms with van der Waals surface area (Å²) in [6.07, 6.45) is 5.04. The Balaban J connectivity index is 1.50. The highest BCUT2D eigenvalue weighted by molar-refractivity contribution is 7.92. The van der Waals surface area contributed by atoms with Crippen LogP contribution in [0.15, 0.2) is 77.7 Å². The van der Waals surface area contributed by atoms with Gasteiger partial charge < -0.3 is 5.32 Å². The number of rotatable bonds is 4. The summed E-state index contributed by atoms with van der Waals surface area (Å²) in [5.74, 6) is -0.0623. The number of anilines is 2. The van der Waals surface area contributed by atoms with Crippen LogP contribution in [-0.4, -0.2) is 8.42 Å². The number of aryl methyl sites for hydroxylation is 2. The number of allylic oxidation sites excluding steroid dienone is 2. The summed E-state index contributed by atoms with van der Waals surface area (Å²) in [4.78, 5) is 0.224. The number of fused-ring (bicyclic) bond motifs is 3. The van der Waals surface area contributed by atoms with Crippen LogP contribution in [0.2, 0.25) is 0 Å². The molecule has 32 heavy (non-hydrogen) atoms. The lowest BCUT2D eigenvalue weighted by molar-refractivity contribution is 0.413. The van der Waals surface area contributed by atoms with Crippen molar-refractivity contribution in [2.24, 2.45) is 5.92 Å². The van der Waals surface area contributed by atoms with Gasteiger partial charge in [-0.3, -0.25) is 4.72 Å². The zero-order chi connectivity index (χ0) is 22.5. The summed E-state index contributed by atoms with van der Waals surface area (Å²) in [5, 5.41) is 3.47. The molecule has 3 aromatic rings. The smallest absolute Gasteiger partial charge is 0.261 e. The van der Waals surface area contributed by atoms with E-state index in [1.807, 2.05) is 38.1 Å². The van der Waals surface area contributed by atoms with Crippen LogP contribution in [-0.2, 0) is 10.0 Å². The zero-order valence-corrected chi connectivity index (χ0v) is 18.8. The van der Waals surface area contributed by atoms with Crippen molar-refractivity contribution >= 4 is 21.4 Å². The highest BCUT2D eigenvalue weighted by Gasteiger charge is 2.39. The molecule has 0 fully saturated rings. The van der Waals surface area contributed by atoms with Crippen molar-refractivity contribution in [3.63, 3.8) is 0 Å². The number of hydrogen-bond donors (Lipinski definition) is 2. The number of sulfonamides is 1. The largest absolute Gasteiger partial charge is 0.378 e. The summed E-state index contributed by atoms with van der Waals surface area (Å²) >= 11 is 0. The lowest BCUT2D eigenvalue weighted by Gasteiger charge is -2.37. The average Bonchev–Trinajstić information content (AvgIpc) is 3.26. The third-order valence-electron chi connectivity index (χ3n) is 6.51. The number of hydrogen-bond acceptors (Lipinski definition) is 3. The standard InChI is InChI=1S/C26H25FN2O2S/c1-16-10-12-24(17(2)14-16)29-32(30,31)18-11-13-25-22(15-18)19-7-5-8-20(19)26(28-25)21-6-3-4-9-23(21)27/h3-7,9-15,19-20,26,28-29H,8H2,1-2H3/t19-,20-,26+/m1/s1. The Morgan fingerprint density at radius 2 is 1.81 bits per heavy atom. The molecule has 0 saturated carbocycles. The molecule has 1 heterocycles. The maximum absolute atomic E-state index is 14.5. The molecule has 6 heteroatoms. The molecule has 0 amide bonds. The quantitative estimate of drug-likeness (QED) is 0.476. The molecule has 2 N–H and O–H groups in total. The maximum atomic E-state index is 14.5.